The third-order valence-corrected chi connectivity index (χ3v) is 3.39. The first-order valence-corrected chi connectivity index (χ1v) is 6.75. The maximum atomic E-state index is 9.72. The van der Waals surface area contributed by atoms with Gasteiger partial charge in [-0.25, -0.2) is 0 Å². The van der Waals surface area contributed by atoms with Crippen LogP contribution in [0.1, 0.15) is 22.3 Å². The van der Waals surface area contributed by atoms with Crippen LogP contribution >= 0.6 is 0 Å². The Balaban J connectivity index is 2.32. The highest BCUT2D eigenvalue weighted by Crippen LogP contribution is 2.32. The molecule has 1 N–H and O–H groups in total. The van der Waals surface area contributed by atoms with Crippen molar-refractivity contribution in [2.75, 3.05) is 14.2 Å². The van der Waals surface area contributed by atoms with E-state index in [9.17, 15) is 5.11 Å². The highest BCUT2D eigenvalue weighted by Gasteiger charge is 2.07. The third kappa shape index (κ3) is 3.37. The summed E-state index contributed by atoms with van der Waals surface area (Å²) in [7, 11) is 3.26. The van der Waals surface area contributed by atoms with E-state index < -0.39 is 0 Å². The van der Waals surface area contributed by atoms with Crippen molar-refractivity contribution in [1.29, 1.82) is 0 Å². The van der Waals surface area contributed by atoms with E-state index in [1.165, 1.54) is 0 Å². The molecule has 0 aliphatic heterocycles. The molecule has 2 aromatic carbocycles. The van der Waals surface area contributed by atoms with Crippen LogP contribution in [-0.2, 0) is 0 Å². The van der Waals surface area contributed by atoms with Crippen molar-refractivity contribution in [2.45, 2.75) is 13.8 Å². The number of methoxy groups -OCH3 is 2. The predicted molar refractivity (Wildman–Crippen MR) is 86.1 cm³/mol. The number of hydrogen-bond donors (Lipinski definition) is 1. The number of aryl methyl sites for hydroxylation is 2. The second kappa shape index (κ2) is 6.35. The van der Waals surface area contributed by atoms with Gasteiger partial charge in [-0.1, -0.05) is 24.3 Å². The van der Waals surface area contributed by atoms with Crippen molar-refractivity contribution in [3.05, 3.63) is 52.6 Å². The second-order valence-electron chi connectivity index (χ2n) is 4.95. The molecule has 3 heteroatoms. The molecule has 0 fully saturated rings. The van der Waals surface area contributed by atoms with Gasteiger partial charge < -0.3 is 14.6 Å². The van der Waals surface area contributed by atoms with Gasteiger partial charge in [-0.2, -0.15) is 0 Å². The highest BCUT2D eigenvalue weighted by atomic mass is 16.5. The Hall–Kier alpha value is -2.42. The van der Waals surface area contributed by atoms with Crippen molar-refractivity contribution >= 4 is 12.2 Å². The number of rotatable bonds is 4. The minimum atomic E-state index is 0.306. The van der Waals surface area contributed by atoms with Gasteiger partial charge in [0.25, 0.3) is 0 Å². The molecule has 0 atom stereocenters. The minimum absolute atomic E-state index is 0.306. The molecule has 0 aliphatic carbocycles. The van der Waals surface area contributed by atoms with Gasteiger partial charge in [0.05, 0.1) is 14.2 Å². The average molecular weight is 284 g/mol. The molecule has 2 aromatic rings. The van der Waals surface area contributed by atoms with Gasteiger partial charge in [0.1, 0.15) is 5.75 Å². The van der Waals surface area contributed by atoms with Crippen LogP contribution in [0.4, 0.5) is 0 Å². The molecule has 0 aromatic heterocycles. The predicted octanol–water partition coefficient (Wildman–Crippen LogP) is 4.20. The molecule has 0 heterocycles. The number of ether oxygens (including phenoxy) is 2. The zero-order valence-electron chi connectivity index (χ0n) is 12.8. The van der Waals surface area contributed by atoms with Crippen LogP contribution in [0.25, 0.3) is 12.2 Å². The van der Waals surface area contributed by atoms with Gasteiger partial charge in [0.15, 0.2) is 11.5 Å². The normalized spacial score (nSPS) is 10.9. The van der Waals surface area contributed by atoms with Crippen LogP contribution in [0.15, 0.2) is 30.3 Å². The third-order valence-electron chi connectivity index (χ3n) is 3.39. The smallest absolute Gasteiger partial charge is 0.163 e. The molecule has 0 radical (unpaired) electrons. The van der Waals surface area contributed by atoms with Crippen molar-refractivity contribution in [2.24, 2.45) is 0 Å². The van der Waals surface area contributed by atoms with Crippen LogP contribution < -0.4 is 9.47 Å². The Morgan fingerprint density at radius 1 is 0.857 bits per heavy atom. The Bertz CT molecular complexity index is 672. The van der Waals surface area contributed by atoms with Crippen molar-refractivity contribution < 1.29 is 14.6 Å². The number of hydrogen-bond acceptors (Lipinski definition) is 3. The van der Waals surface area contributed by atoms with E-state index in [1.54, 1.807) is 20.3 Å². The van der Waals surface area contributed by atoms with Crippen molar-refractivity contribution in [3.63, 3.8) is 0 Å². The van der Waals surface area contributed by atoms with Crippen LogP contribution in [0.5, 0.6) is 17.2 Å². The van der Waals surface area contributed by atoms with Crippen LogP contribution in [0, 0.1) is 13.8 Å². The molecule has 0 bridgehead atoms. The minimum Gasteiger partial charge on any atom is -0.508 e. The van der Waals surface area contributed by atoms with Gasteiger partial charge in [-0.05, 0) is 54.3 Å². The summed E-state index contributed by atoms with van der Waals surface area (Å²) < 4.78 is 10.7. The summed E-state index contributed by atoms with van der Waals surface area (Å²) >= 11 is 0. The first-order valence-electron chi connectivity index (χ1n) is 6.75. The standard InChI is InChI=1S/C18H20O3/c1-12-5-6-14(10-16(12)19)7-8-15-9-13(2)18(21-4)17(11-15)20-3/h5-11,19H,1-4H3/b8-7-. The number of phenolic OH excluding ortho intramolecular Hbond substituents is 1. The SMILES string of the molecule is COc1cc(/C=C\c2ccc(C)c(O)c2)cc(C)c1OC. The Labute approximate surface area is 125 Å². The fraction of sp³-hybridized carbons (Fsp3) is 0.222. The average Bonchev–Trinajstić information content (AvgIpc) is 2.47. The summed E-state index contributed by atoms with van der Waals surface area (Å²) in [6, 6.07) is 9.58. The fourth-order valence-electron chi connectivity index (χ4n) is 2.20. The Morgan fingerprint density at radius 3 is 2.19 bits per heavy atom. The molecule has 110 valence electrons. The lowest BCUT2D eigenvalue weighted by Crippen LogP contribution is -1.93. The highest BCUT2D eigenvalue weighted by molar-refractivity contribution is 5.72. The molecule has 0 amide bonds. The molecule has 0 saturated carbocycles. The van der Waals surface area contributed by atoms with E-state index in [1.807, 2.05) is 50.3 Å². The van der Waals surface area contributed by atoms with E-state index >= 15 is 0 Å². The molecule has 0 spiro atoms. The summed E-state index contributed by atoms with van der Waals surface area (Å²) in [6.45, 7) is 3.86. The van der Waals surface area contributed by atoms with E-state index in [-0.39, 0.29) is 0 Å². The maximum absolute atomic E-state index is 9.72. The summed E-state index contributed by atoms with van der Waals surface area (Å²) in [5.41, 5.74) is 3.85. The lowest BCUT2D eigenvalue weighted by atomic mass is 10.1. The molecule has 2 rings (SSSR count). The van der Waals surface area contributed by atoms with Crippen LogP contribution in [0.3, 0.4) is 0 Å². The van der Waals surface area contributed by atoms with Gasteiger partial charge >= 0.3 is 0 Å². The first kappa shape index (κ1) is 15.0. The lowest BCUT2D eigenvalue weighted by Gasteiger charge is -2.11. The quantitative estimate of drug-likeness (QED) is 0.855. The van der Waals surface area contributed by atoms with Gasteiger partial charge in [0, 0.05) is 0 Å². The maximum Gasteiger partial charge on any atom is 0.163 e. The largest absolute Gasteiger partial charge is 0.508 e. The van der Waals surface area contributed by atoms with Crippen molar-refractivity contribution in [1.82, 2.24) is 0 Å². The molecular formula is C18H20O3. The van der Waals surface area contributed by atoms with E-state index in [2.05, 4.69) is 0 Å². The number of aromatic hydroxyl groups is 1. The van der Waals surface area contributed by atoms with Crippen LogP contribution in [-0.4, -0.2) is 19.3 Å². The summed E-state index contributed by atoms with van der Waals surface area (Å²) in [6.07, 6.45) is 3.94. The zero-order chi connectivity index (χ0) is 15.4. The zero-order valence-corrected chi connectivity index (χ0v) is 12.8. The monoisotopic (exact) mass is 284 g/mol. The van der Waals surface area contributed by atoms with Gasteiger partial charge in [0.2, 0.25) is 0 Å². The lowest BCUT2D eigenvalue weighted by molar-refractivity contribution is 0.353. The molecule has 3 nitrogen and oxygen atoms in total. The Morgan fingerprint density at radius 2 is 1.57 bits per heavy atom. The number of benzene rings is 2. The van der Waals surface area contributed by atoms with Crippen molar-refractivity contribution in [3.8, 4) is 17.2 Å². The Kier molecular flexibility index (Phi) is 4.53. The summed E-state index contributed by atoms with van der Waals surface area (Å²) in [4.78, 5) is 0. The van der Waals surface area contributed by atoms with Crippen LogP contribution in [0.2, 0.25) is 0 Å². The molecule has 0 aliphatic rings. The van der Waals surface area contributed by atoms with Gasteiger partial charge in [-0.3, -0.25) is 0 Å². The topological polar surface area (TPSA) is 38.7 Å². The second-order valence-corrected chi connectivity index (χ2v) is 4.95. The molecule has 21 heavy (non-hydrogen) atoms. The number of phenols is 1. The first-order chi connectivity index (χ1) is 10.0. The fourth-order valence-corrected chi connectivity index (χ4v) is 2.20. The van der Waals surface area contributed by atoms with E-state index in [0.29, 0.717) is 11.5 Å². The summed E-state index contributed by atoms with van der Waals surface area (Å²) in [5, 5.41) is 9.72. The van der Waals surface area contributed by atoms with E-state index in [4.69, 9.17) is 9.47 Å². The van der Waals surface area contributed by atoms with E-state index in [0.717, 1.165) is 28.0 Å². The summed E-state index contributed by atoms with van der Waals surface area (Å²) in [5.74, 6) is 1.77. The molecule has 0 unspecified atom stereocenters. The molecule has 0 saturated heterocycles. The molecular weight excluding hydrogens is 264 g/mol. The van der Waals surface area contributed by atoms with Gasteiger partial charge in [-0.15, -0.1) is 0 Å².